The molecule has 0 unspecified atom stereocenters. The molecule has 0 spiro atoms. The van der Waals surface area contributed by atoms with E-state index >= 15 is 0 Å². The summed E-state index contributed by atoms with van der Waals surface area (Å²) in [5.74, 6) is 0. The third-order valence-electron chi connectivity index (χ3n) is 1.51. The Bertz CT molecular complexity index is 157. The van der Waals surface area contributed by atoms with Crippen molar-refractivity contribution in [3.63, 3.8) is 0 Å². The Morgan fingerprint density at radius 1 is 1.18 bits per heavy atom. The van der Waals surface area contributed by atoms with E-state index in [-0.39, 0.29) is 0 Å². The standard InChI is InChI=1S/C9H16AsN/c1-8(2)10(9(3)4)6-5-7-11/h5-6,8-9H,1-4H3. The first-order valence-electron chi connectivity index (χ1n) is 3.93. The molecule has 0 fully saturated rings. The van der Waals surface area contributed by atoms with Crippen molar-refractivity contribution < 1.29 is 0 Å². The SMILES string of the molecule is CC(C)[As](C=CC#N)C(C)C. The van der Waals surface area contributed by atoms with E-state index in [4.69, 9.17) is 5.26 Å². The predicted molar refractivity (Wildman–Crippen MR) is 50.7 cm³/mol. The molecule has 0 aromatic rings. The maximum absolute atomic E-state index is 8.37. The molecular formula is C9H16AsN. The molecule has 0 aromatic carbocycles. The molecule has 2 heteroatoms. The van der Waals surface area contributed by atoms with E-state index in [1.165, 1.54) is 0 Å². The monoisotopic (exact) mass is 213 g/mol. The molecule has 0 bridgehead atoms. The van der Waals surface area contributed by atoms with Crippen LogP contribution in [-0.2, 0) is 0 Å². The van der Waals surface area contributed by atoms with Crippen LogP contribution in [0.5, 0.6) is 0 Å². The Hall–Kier alpha value is -0.212. The number of hydrogen-bond donors (Lipinski definition) is 0. The topological polar surface area (TPSA) is 23.8 Å². The Labute approximate surface area is 74.4 Å². The van der Waals surface area contributed by atoms with Gasteiger partial charge in [0.15, 0.2) is 0 Å². The van der Waals surface area contributed by atoms with Crippen molar-refractivity contribution in [3.05, 3.63) is 10.9 Å². The first kappa shape index (κ1) is 10.8. The molecule has 0 N–H and O–H groups in total. The number of nitrogens with zero attached hydrogens (tertiary/aromatic N) is 1. The van der Waals surface area contributed by atoms with Gasteiger partial charge in [-0.15, -0.1) is 0 Å². The van der Waals surface area contributed by atoms with Gasteiger partial charge in [0.25, 0.3) is 0 Å². The zero-order valence-corrected chi connectivity index (χ0v) is 9.58. The summed E-state index contributed by atoms with van der Waals surface area (Å²) in [6, 6.07) is 2.06. The summed E-state index contributed by atoms with van der Waals surface area (Å²) in [5.41, 5.74) is 0. The second kappa shape index (κ2) is 5.44. The van der Waals surface area contributed by atoms with Crippen LogP contribution in [0.2, 0.25) is 9.41 Å². The van der Waals surface area contributed by atoms with Crippen LogP contribution in [0.3, 0.4) is 0 Å². The van der Waals surface area contributed by atoms with Crippen LogP contribution in [0.1, 0.15) is 27.7 Å². The summed E-state index contributed by atoms with van der Waals surface area (Å²) in [7, 11) is 0. The zero-order valence-electron chi connectivity index (χ0n) is 7.70. The van der Waals surface area contributed by atoms with Crippen LogP contribution in [0.25, 0.3) is 0 Å². The van der Waals surface area contributed by atoms with E-state index in [1.54, 1.807) is 6.08 Å². The van der Waals surface area contributed by atoms with Gasteiger partial charge in [0.1, 0.15) is 0 Å². The van der Waals surface area contributed by atoms with Gasteiger partial charge in [0.2, 0.25) is 0 Å². The minimum atomic E-state index is -0.868. The van der Waals surface area contributed by atoms with Gasteiger partial charge in [-0.3, -0.25) is 0 Å². The van der Waals surface area contributed by atoms with Crippen molar-refractivity contribution in [1.29, 1.82) is 5.26 Å². The Morgan fingerprint density at radius 3 is 1.91 bits per heavy atom. The third kappa shape index (κ3) is 4.27. The fraction of sp³-hybridized carbons (Fsp3) is 0.667. The summed E-state index contributed by atoms with van der Waals surface area (Å²) in [6.07, 6.45) is 1.65. The molecule has 0 amide bonds. The normalized spacial score (nSPS) is 11.8. The van der Waals surface area contributed by atoms with Gasteiger partial charge < -0.3 is 0 Å². The van der Waals surface area contributed by atoms with E-state index in [0.29, 0.717) is 0 Å². The van der Waals surface area contributed by atoms with Gasteiger partial charge in [-0.25, -0.2) is 0 Å². The average Bonchev–Trinajstić information content (AvgIpc) is 1.87. The van der Waals surface area contributed by atoms with Gasteiger partial charge in [-0.1, -0.05) is 0 Å². The molecule has 1 nitrogen and oxygen atoms in total. The predicted octanol–water partition coefficient (Wildman–Crippen LogP) is 2.92. The van der Waals surface area contributed by atoms with Gasteiger partial charge in [0.05, 0.1) is 0 Å². The van der Waals surface area contributed by atoms with Gasteiger partial charge >= 0.3 is 74.0 Å². The van der Waals surface area contributed by atoms with E-state index in [9.17, 15) is 0 Å². The van der Waals surface area contributed by atoms with Crippen LogP contribution in [-0.4, -0.2) is 14.7 Å². The maximum atomic E-state index is 8.37. The van der Waals surface area contributed by atoms with Gasteiger partial charge in [0, 0.05) is 0 Å². The number of nitriles is 1. The van der Waals surface area contributed by atoms with Crippen LogP contribution in [0, 0.1) is 11.3 Å². The second-order valence-electron chi connectivity index (χ2n) is 3.08. The molecule has 62 valence electrons. The number of rotatable bonds is 3. The van der Waals surface area contributed by atoms with E-state index in [1.807, 2.05) is 0 Å². The molecular weight excluding hydrogens is 197 g/mol. The third-order valence-corrected chi connectivity index (χ3v) is 7.55. The molecule has 0 aromatic heterocycles. The Kier molecular flexibility index (Phi) is 5.34. The molecule has 0 radical (unpaired) electrons. The average molecular weight is 213 g/mol. The molecule has 11 heavy (non-hydrogen) atoms. The van der Waals surface area contributed by atoms with E-state index in [0.717, 1.165) is 9.41 Å². The van der Waals surface area contributed by atoms with Crippen molar-refractivity contribution in [2.75, 3.05) is 0 Å². The summed E-state index contributed by atoms with van der Waals surface area (Å²) in [6.45, 7) is 9.01. The second-order valence-corrected chi connectivity index (χ2v) is 9.92. The van der Waals surface area contributed by atoms with Crippen molar-refractivity contribution in [1.82, 2.24) is 0 Å². The summed E-state index contributed by atoms with van der Waals surface area (Å²) >= 11 is -0.868. The number of hydrogen-bond acceptors (Lipinski definition) is 1. The van der Waals surface area contributed by atoms with E-state index < -0.39 is 14.7 Å². The van der Waals surface area contributed by atoms with Crippen LogP contribution in [0.15, 0.2) is 10.9 Å². The summed E-state index contributed by atoms with van der Waals surface area (Å²) in [5, 5.41) is 8.37. The minimum absolute atomic E-state index is 0.770. The molecule has 0 saturated heterocycles. The van der Waals surface area contributed by atoms with Crippen molar-refractivity contribution in [3.8, 4) is 6.07 Å². The van der Waals surface area contributed by atoms with Gasteiger partial charge in [-0.05, 0) is 0 Å². The Balaban J connectivity index is 4.14. The van der Waals surface area contributed by atoms with Crippen molar-refractivity contribution in [2.45, 2.75) is 37.1 Å². The quantitative estimate of drug-likeness (QED) is 0.522. The molecule has 0 atom stereocenters. The van der Waals surface area contributed by atoms with Crippen LogP contribution >= 0.6 is 0 Å². The first-order valence-corrected chi connectivity index (χ1v) is 7.18. The molecule has 0 aliphatic heterocycles. The molecule has 0 saturated carbocycles. The first-order chi connectivity index (χ1) is 5.09. The fourth-order valence-corrected chi connectivity index (χ4v) is 5.51. The van der Waals surface area contributed by atoms with Crippen LogP contribution in [0.4, 0.5) is 0 Å². The molecule has 0 rings (SSSR count). The van der Waals surface area contributed by atoms with Crippen LogP contribution < -0.4 is 0 Å². The van der Waals surface area contributed by atoms with Gasteiger partial charge in [-0.2, -0.15) is 0 Å². The zero-order chi connectivity index (χ0) is 8.85. The molecule has 0 aliphatic carbocycles. The molecule has 0 heterocycles. The summed E-state index contributed by atoms with van der Waals surface area (Å²) < 4.78 is 1.54. The summed E-state index contributed by atoms with van der Waals surface area (Å²) in [4.78, 5) is 2.16. The number of allylic oxidation sites excluding steroid dienone is 1. The molecule has 0 aliphatic rings. The van der Waals surface area contributed by atoms with Crippen molar-refractivity contribution >= 4 is 14.7 Å². The van der Waals surface area contributed by atoms with Crippen molar-refractivity contribution in [2.24, 2.45) is 0 Å². The van der Waals surface area contributed by atoms with E-state index in [2.05, 4.69) is 38.6 Å². The fourth-order valence-electron chi connectivity index (χ4n) is 1.06. The Morgan fingerprint density at radius 2 is 1.64 bits per heavy atom.